The third-order valence-corrected chi connectivity index (χ3v) is 7.19. The summed E-state index contributed by atoms with van der Waals surface area (Å²) >= 11 is 0. The maximum Gasteiger partial charge on any atom is 0.303 e. The van der Waals surface area contributed by atoms with Crippen molar-refractivity contribution in [2.75, 3.05) is 0 Å². The number of allylic oxidation sites excluding steroid dienone is 1. The summed E-state index contributed by atoms with van der Waals surface area (Å²) in [7, 11) is 0. The first-order chi connectivity index (χ1) is 18.1. The van der Waals surface area contributed by atoms with Gasteiger partial charge in [0, 0.05) is 19.2 Å². The van der Waals surface area contributed by atoms with Crippen LogP contribution in [0.2, 0.25) is 0 Å². The quantitative estimate of drug-likeness (QED) is 0.436. The molecule has 0 aliphatic carbocycles. The third kappa shape index (κ3) is 5.30. The Morgan fingerprint density at radius 1 is 1.05 bits per heavy atom. The largest absolute Gasteiger partial charge is 0.481 e. The van der Waals surface area contributed by atoms with Crippen LogP contribution in [0.3, 0.4) is 0 Å². The fourth-order valence-corrected chi connectivity index (χ4v) is 5.42. The van der Waals surface area contributed by atoms with Gasteiger partial charge in [-0.2, -0.15) is 0 Å². The van der Waals surface area contributed by atoms with Crippen molar-refractivity contribution in [3.63, 3.8) is 0 Å². The fourth-order valence-electron chi connectivity index (χ4n) is 5.42. The van der Waals surface area contributed by atoms with Gasteiger partial charge in [0.1, 0.15) is 5.54 Å². The molecule has 0 saturated heterocycles. The van der Waals surface area contributed by atoms with Gasteiger partial charge < -0.3 is 10.4 Å². The first-order valence-corrected chi connectivity index (χ1v) is 12.9. The number of aryl methyl sites for hydroxylation is 1. The molecular formula is C30H33N3O5. The topological polar surface area (TPSA) is 116 Å². The lowest BCUT2D eigenvalue weighted by Gasteiger charge is -2.43. The van der Waals surface area contributed by atoms with Crippen molar-refractivity contribution in [3.8, 4) is 0 Å². The van der Waals surface area contributed by atoms with Crippen LogP contribution < -0.4 is 5.32 Å². The van der Waals surface area contributed by atoms with Crippen LogP contribution in [0.15, 0.2) is 65.7 Å². The van der Waals surface area contributed by atoms with Gasteiger partial charge in [0.05, 0.1) is 23.1 Å². The third-order valence-electron chi connectivity index (χ3n) is 7.19. The number of hydrogen-bond donors (Lipinski definition) is 2. The van der Waals surface area contributed by atoms with Gasteiger partial charge in [0.15, 0.2) is 0 Å². The van der Waals surface area contributed by atoms with E-state index >= 15 is 0 Å². The first kappa shape index (κ1) is 27.0. The van der Waals surface area contributed by atoms with Crippen molar-refractivity contribution in [1.82, 2.24) is 10.2 Å². The van der Waals surface area contributed by atoms with Crippen LogP contribution in [-0.2, 0) is 16.1 Å². The SMILES string of the molecule is Cc1ccc2c(c1)C(=O)N(C(CCC(=O)O)C1(C(CC(C)C)C(=O)NCc3ccccc3)C=CC=N1)C2=O. The number of carbonyl (C=O) groups excluding carboxylic acids is 3. The number of aliphatic carboxylic acids is 1. The number of amides is 3. The molecule has 2 aromatic rings. The summed E-state index contributed by atoms with van der Waals surface area (Å²) in [5.74, 6) is -2.97. The minimum atomic E-state index is -1.30. The van der Waals surface area contributed by atoms with Gasteiger partial charge >= 0.3 is 5.97 Å². The highest BCUT2D eigenvalue weighted by molar-refractivity contribution is 6.21. The van der Waals surface area contributed by atoms with E-state index in [4.69, 9.17) is 4.99 Å². The minimum Gasteiger partial charge on any atom is -0.481 e. The van der Waals surface area contributed by atoms with E-state index in [9.17, 15) is 24.3 Å². The second-order valence-electron chi connectivity index (χ2n) is 10.4. The molecule has 8 nitrogen and oxygen atoms in total. The zero-order valence-electron chi connectivity index (χ0n) is 21.9. The van der Waals surface area contributed by atoms with E-state index in [-0.39, 0.29) is 35.8 Å². The van der Waals surface area contributed by atoms with E-state index in [1.54, 1.807) is 36.6 Å². The Morgan fingerprint density at radius 3 is 2.39 bits per heavy atom. The van der Waals surface area contributed by atoms with Crippen LogP contribution in [-0.4, -0.2) is 51.5 Å². The van der Waals surface area contributed by atoms with E-state index in [1.807, 2.05) is 51.1 Å². The molecule has 0 spiro atoms. The number of rotatable bonds is 11. The van der Waals surface area contributed by atoms with Crippen LogP contribution in [0, 0.1) is 18.8 Å². The molecule has 3 atom stereocenters. The predicted molar refractivity (Wildman–Crippen MR) is 144 cm³/mol. The normalized spacial score (nSPS) is 19.6. The van der Waals surface area contributed by atoms with Crippen LogP contribution in [0.25, 0.3) is 0 Å². The number of aliphatic imine (C=N–C) groups is 1. The lowest BCUT2D eigenvalue weighted by molar-refractivity contribution is -0.137. The van der Waals surface area contributed by atoms with Crippen molar-refractivity contribution >= 4 is 29.9 Å². The van der Waals surface area contributed by atoms with E-state index < -0.39 is 35.3 Å². The first-order valence-electron chi connectivity index (χ1n) is 12.9. The highest BCUT2D eigenvalue weighted by Crippen LogP contribution is 2.42. The Bertz CT molecular complexity index is 1290. The second-order valence-corrected chi connectivity index (χ2v) is 10.4. The highest BCUT2D eigenvalue weighted by atomic mass is 16.4. The molecule has 2 heterocycles. The Morgan fingerprint density at radius 2 is 1.76 bits per heavy atom. The van der Waals surface area contributed by atoms with E-state index in [0.29, 0.717) is 13.0 Å². The number of fused-ring (bicyclic) bond motifs is 1. The summed E-state index contributed by atoms with van der Waals surface area (Å²) in [6.45, 7) is 6.13. The van der Waals surface area contributed by atoms with E-state index in [0.717, 1.165) is 16.0 Å². The molecule has 4 rings (SSSR count). The molecule has 0 bridgehead atoms. The Balaban J connectivity index is 1.76. The average Bonchev–Trinajstić information content (AvgIpc) is 3.46. The molecule has 2 aliphatic rings. The van der Waals surface area contributed by atoms with Crippen LogP contribution in [0.5, 0.6) is 0 Å². The van der Waals surface area contributed by atoms with E-state index in [2.05, 4.69) is 5.32 Å². The summed E-state index contributed by atoms with van der Waals surface area (Å²) in [5.41, 5.74) is 1.02. The molecule has 0 saturated carbocycles. The molecular weight excluding hydrogens is 482 g/mol. The maximum absolute atomic E-state index is 13.8. The molecule has 8 heteroatoms. The smallest absolute Gasteiger partial charge is 0.303 e. The molecule has 3 unspecified atom stereocenters. The number of carbonyl (C=O) groups is 4. The number of carboxylic acids is 1. The minimum absolute atomic E-state index is 0.0397. The number of nitrogens with zero attached hydrogens (tertiary/aromatic N) is 2. The number of nitrogens with one attached hydrogen (secondary N) is 1. The second kappa shape index (κ2) is 11.1. The lowest BCUT2D eigenvalue weighted by atomic mass is 9.72. The van der Waals surface area contributed by atoms with Crippen LogP contribution in [0.4, 0.5) is 0 Å². The van der Waals surface area contributed by atoms with Crippen molar-refractivity contribution in [2.45, 2.75) is 58.2 Å². The van der Waals surface area contributed by atoms with Crippen LogP contribution in [0.1, 0.15) is 65.0 Å². The zero-order chi connectivity index (χ0) is 27.4. The maximum atomic E-state index is 13.8. The lowest BCUT2D eigenvalue weighted by Crippen LogP contribution is -2.59. The Kier molecular flexibility index (Phi) is 7.90. The molecule has 38 heavy (non-hydrogen) atoms. The summed E-state index contributed by atoms with van der Waals surface area (Å²) in [6.07, 6.45) is 5.11. The number of carboxylic acid groups (broad SMARTS) is 1. The van der Waals surface area contributed by atoms with Gasteiger partial charge in [-0.15, -0.1) is 0 Å². The molecule has 2 aliphatic heterocycles. The highest BCUT2D eigenvalue weighted by Gasteiger charge is 2.54. The summed E-state index contributed by atoms with van der Waals surface area (Å²) in [5, 5.41) is 12.6. The van der Waals surface area contributed by atoms with Gasteiger partial charge in [0.2, 0.25) is 5.91 Å². The van der Waals surface area contributed by atoms with Crippen LogP contribution >= 0.6 is 0 Å². The number of imide groups is 1. The van der Waals surface area contributed by atoms with Gasteiger partial charge in [-0.3, -0.25) is 29.1 Å². The summed E-state index contributed by atoms with van der Waals surface area (Å²) in [6, 6.07) is 13.6. The fraction of sp³-hybridized carbons (Fsp3) is 0.367. The zero-order valence-corrected chi connectivity index (χ0v) is 21.9. The Hall–Kier alpha value is -4.07. The van der Waals surface area contributed by atoms with Gasteiger partial charge in [-0.1, -0.05) is 61.9 Å². The monoisotopic (exact) mass is 515 g/mol. The Labute approximate surface area is 222 Å². The average molecular weight is 516 g/mol. The molecule has 0 radical (unpaired) electrons. The van der Waals surface area contributed by atoms with Crippen molar-refractivity contribution in [3.05, 3.63) is 82.9 Å². The summed E-state index contributed by atoms with van der Waals surface area (Å²) < 4.78 is 0. The standard InChI is InChI=1S/C30H33N3O5/c1-19(2)16-24(27(36)31-18-21-8-5-4-6-9-21)30(14-7-15-32-30)25(12-13-26(34)35)33-28(37)22-11-10-20(3)17-23(22)29(33)38/h4-11,14-15,17,19,24-25H,12-13,16,18H2,1-3H3,(H,31,36)(H,34,35). The molecule has 2 aromatic carbocycles. The summed E-state index contributed by atoms with van der Waals surface area (Å²) in [4.78, 5) is 58.6. The van der Waals surface area contributed by atoms with Gasteiger partial charge in [0.25, 0.3) is 11.8 Å². The molecule has 2 N–H and O–H groups in total. The number of benzene rings is 2. The molecule has 0 fully saturated rings. The van der Waals surface area contributed by atoms with Crippen molar-refractivity contribution in [2.24, 2.45) is 16.8 Å². The van der Waals surface area contributed by atoms with Crippen molar-refractivity contribution in [1.29, 1.82) is 0 Å². The predicted octanol–water partition coefficient (Wildman–Crippen LogP) is 4.18. The molecule has 0 aromatic heterocycles. The number of hydrogen-bond acceptors (Lipinski definition) is 5. The van der Waals surface area contributed by atoms with Crippen molar-refractivity contribution < 1.29 is 24.3 Å². The van der Waals surface area contributed by atoms with Gasteiger partial charge in [-0.25, -0.2) is 0 Å². The molecule has 198 valence electrons. The van der Waals surface area contributed by atoms with Gasteiger partial charge in [-0.05, 0) is 49.5 Å². The van der Waals surface area contributed by atoms with E-state index in [1.165, 1.54) is 0 Å². The molecule has 3 amide bonds.